The lowest BCUT2D eigenvalue weighted by atomic mass is 10.1. The number of halogens is 2. The molecule has 2 heterocycles. The second-order valence-corrected chi connectivity index (χ2v) is 4.99. The van der Waals surface area contributed by atoms with Gasteiger partial charge in [0.05, 0.1) is 10.2 Å². The third kappa shape index (κ3) is 2.22. The number of hydrogen-bond donors (Lipinski definition) is 3. The highest BCUT2D eigenvalue weighted by molar-refractivity contribution is 14.1. The molecule has 7 nitrogen and oxygen atoms in total. The molecule has 2 rings (SSSR count). The molecule has 1 aliphatic heterocycles. The fourth-order valence-corrected chi connectivity index (χ4v) is 2.16. The number of aliphatic hydroxyl groups is 2. The number of hydrogen-bond acceptors (Lipinski definition) is 5. The number of aromatic nitrogens is 2. The molecule has 0 aromatic carbocycles. The van der Waals surface area contributed by atoms with Gasteiger partial charge in [0, 0.05) is 6.20 Å². The van der Waals surface area contributed by atoms with E-state index in [1.165, 1.54) is 0 Å². The van der Waals surface area contributed by atoms with E-state index >= 15 is 0 Å². The average molecular weight is 372 g/mol. The van der Waals surface area contributed by atoms with Gasteiger partial charge in [-0.2, -0.15) is 0 Å². The number of aliphatic hydroxyl groups excluding tert-OH is 2. The molecule has 0 spiro atoms. The van der Waals surface area contributed by atoms with Crippen molar-refractivity contribution in [3.63, 3.8) is 0 Å². The van der Waals surface area contributed by atoms with Crippen LogP contribution in [0.1, 0.15) is 6.23 Å². The molecule has 4 atom stereocenters. The standard InChI is InChI=1S/C9H10FIN2O5/c10-5-6(15)4(2-14)18-8(5)13-1-3(11)7(16)12-9(13)17/h1,4-6,8,14-15H,2H2,(H,12,16,17)/t4-,5-,6?,8-/m1/s1. The molecule has 18 heavy (non-hydrogen) atoms. The van der Waals surface area contributed by atoms with Crippen LogP contribution in [0, 0.1) is 3.57 Å². The van der Waals surface area contributed by atoms with Crippen LogP contribution in [0.2, 0.25) is 0 Å². The molecule has 1 aliphatic rings. The predicted molar refractivity (Wildman–Crippen MR) is 65.9 cm³/mol. The monoisotopic (exact) mass is 372 g/mol. The zero-order valence-corrected chi connectivity index (χ0v) is 11.1. The SMILES string of the molecule is O=c1[nH]c(=O)n([C@@H]2O[C@H](CO)C(O)[C@H]2F)cc1I. The van der Waals surface area contributed by atoms with E-state index in [1.54, 1.807) is 22.6 Å². The van der Waals surface area contributed by atoms with Gasteiger partial charge in [-0.1, -0.05) is 0 Å². The van der Waals surface area contributed by atoms with Gasteiger partial charge in [-0.15, -0.1) is 0 Å². The summed E-state index contributed by atoms with van der Waals surface area (Å²) >= 11 is 1.69. The second kappa shape index (κ2) is 5.07. The minimum Gasteiger partial charge on any atom is -0.394 e. The van der Waals surface area contributed by atoms with Crippen LogP contribution in [0.25, 0.3) is 0 Å². The Labute approximate surface area is 113 Å². The molecule has 0 saturated carbocycles. The Morgan fingerprint density at radius 2 is 2.22 bits per heavy atom. The summed E-state index contributed by atoms with van der Waals surface area (Å²) in [7, 11) is 0. The Morgan fingerprint density at radius 3 is 2.78 bits per heavy atom. The summed E-state index contributed by atoms with van der Waals surface area (Å²) in [6.07, 6.45) is -4.69. The molecule has 100 valence electrons. The summed E-state index contributed by atoms with van der Waals surface area (Å²) in [4.78, 5) is 24.7. The van der Waals surface area contributed by atoms with Crippen LogP contribution >= 0.6 is 22.6 Å². The highest BCUT2D eigenvalue weighted by Gasteiger charge is 2.45. The molecule has 1 aromatic rings. The van der Waals surface area contributed by atoms with Crippen molar-refractivity contribution in [1.29, 1.82) is 0 Å². The number of ether oxygens (including phenoxy) is 1. The Hall–Kier alpha value is -0.780. The maximum Gasteiger partial charge on any atom is 0.330 e. The Morgan fingerprint density at radius 1 is 1.56 bits per heavy atom. The Bertz CT molecular complexity index is 559. The van der Waals surface area contributed by atoms with Gasteiger partial charge in [0.25, 0.3) is 5.56 Å². The summed E-state index contributed by atoms with van der Waals surface area (Å²) in [5, 5.41) is 18.3. The van der Waals surface area contributed by atoms with Gasteiger partial charge in [-0.3, -0.25) is 14.3 Å². The fourth-order valence-electron chi connectivity index (χ4n) is 1.73. The molecule has 0 bridgehead atoms. The maximum absolute atomic E-state index is 13.8. The van der Waals surface area contributed by atoms with E-state index in [1.807, 2.05) is 4.98 Å². The molecular formula is C9H10FIN2O5. The summed E-state index contributed by atoms with van der Waals surface area (Å²) < 4.78 is 19.9. The largest absolute Gasteiger partial charge is 0.394 e. The van der Waals surface area contributed by atoms with E-state index in [-0.39, 0.29) is 3.57 Å². The normalized spacial score (nSPS) is 31.8. The molecule has 1 unspecified atom stereocenters. The molecule has 3 N–H and O–H groups in total. The van der Waals surface area contributed by atoms with Crippen LogP contribution in [-0.4, -0.2) is 44.8 Å². The lowest BCUT2D eigenvalue weighted by molar-refractivity contribution is -0.0492. The fraction of sp³-hybridized carbons (Fsp3) is 0.556. The van der Waals surface area contributed by atoms with Gasteiger partial charge >= 0.3 is 5.69 Å². The summed E-state index contributed by atoms with van der Waals surface area (Å²) in [6, 6.07) is 0. The van der Waals surface area contributed by atoms with E-state index in [4.69, 9.17) is 9.84 Å². The molecule has 9 heteroatoms. The van der Waals surface area contributed by atoms with Crippen LogP contribution in [0.5, 0.6) is 0 Å². The number of nitrogens with one attached hydrogen (secondary N) is 1. The first-order valence-corrected chi connectivity index (χ1v) is 6.13. The highest BCUT2D eigenvalue weighted by Crippen LogP contribution is 2.30. The van der Waals surface area contributed by atoms with E-state index in [9.17, 15) is 19.1 Å². The van der Waals surface area contributed by atoms with Gasteiger partial charge in [0.1, 0.15) is 12.2 Å². The average Bonchev–Trinajstić information content (AvgIpc) is 2.61. The first-order chi connectivity index (χ1) is 8.45. The first-order valence-electron chi connectivity index (χ1n) is 5.05. The van der Waals surface area contributed by atoms with E-state index in [0.29, 0.717) is 0 Å². The third-order valence-corrected chi connectivity index (χ3v) is 3.44. The molecule has 0 aliphatic carbocycles. The van der Waals surface area contributed by atoms with Crippen LogP contribution in [0.4, 0.5) is 4.39 Å². The van der Waals surface area contributed by atoms with Crippen molar-refractivity contribution in [1.82, 2.24) is 9.55 Å². The van der Waals surface area contributed by atoms with Crippen LogP contribution in [-0.2, 0) is 4.74 Å². The molecule has 0 amide bonds. The molecule has 1 aromatic heterocycles. The summed E-state index contributed by atoms with van der Waals surface area (Å²) in [6.45, 7) is -0.562. The molecule has 1 saturated heterocycles. The van der Waals surface area contributed by atoms with Crippen molar-refractivity contribution in [2.45, 2.75) is 24.6 Å². The topological polar surface area (TPSA) is 105 Å². The number of nitrogens with zero attached hydrogens (tertiary/aromatic N) is 1. The van der Waals surface area contributed by atoms with Crippen molar-refractivity contribution in [2.24, 2.45) is 0 Å². The summed E-state index contributed by atoms with van der Waals surface area (Å²) in [5.74, 6) is 0. The van der Waals surface area contributed by atoms with Gasteiger partial charge in [0.2, 0.25) is 0 Å². The number of H-pyrrole nitrogens is 1. The minimum absolute atomic E-state index is 0.185. The smallest absolute Gasteiger partial charge is 0.330 e. The van der Waals surface area contributed by atoms with Crippen molar-refractivity contribution in [3.8, 4) is 0 Å². The number of rotatable bonds is 2. The first kappa shape index (κ1) is 13.6. The number of alkyl halides is 1. The summed E-state index contributed by atoms with van der Waals surface area (Å²) in [5.41, 5.74) is -1.41. The van der Waals surface area contributed by atoms with Crippen molar-refractivity contribution in [3.05, 3.63) is 30.6 Å². The lowest BCUT2D eigenvalue weighted by Crippen LogP contribution is -2.37. The third-order valence-electron chi connectivity index (χ3n) is 2.67. The Kier molecular flexibility index (Phi) is 3.84. The van der Waals surface area contributed by atoms with Crippen LogP contribution in [0.3, 0.4) is 0 Å². The lowest BCUT2D eigenvalue weighted by Gasteiger charge is -2.15. The molecule has 0 radical (unpaired) electrons. The van der Waals surface area contributed by atoms with Crippen molar-refractivity contribution >= 4 is 22.6 Å². The zero-order valence-electron chi connectivity index (χ0n) is 8.92. The van der Waals surface area contributed by atoms with E-state index in [0.717, 1.165) is 10.8 Å². The van der Waals surface area contributed by atoms with E-state index in [2.05, 4.69) is 0 Å². The Balaban J connectivity index is 2.42. The minimum atomic E-state index is -1.86. The van der Waals surface area contributed by atoms with Gasteiger partial charge in [-0.05, 0) is 22.6 Å². The second-order valence-electron chi connectivity index (χ2n) is 3.83. The predicted octanol–water partition coefficient (Wildman–Crippen LogP) is -1.27. The van der Waals surface area contributed by atoms with Crippen molar-refractivity contribution < 1.29 is 19.3 Å². The quantitative estimate of drug-likeness (QED) is 0.562. The van der Waals surface area contributed by atoms with Gasteiger partial charge in [0.15, 0.2) is 12.4 Å². The van der Waals surface area contributed by atoms with Crippen molar-refractivity contribution in [2.75, 3.05) is 6.61 Å². The van der Waals surface area contributed by atoms with Gasteiger partial charge in [-0.25, -0.2) is 9.18 Å². The van der Waals surface area contributed by atoms with E-state index < -0.39 is 42.5 Å². The van der Waals surface area contributed by atoms with Crippen LogP contribution in [0.15, 0.2) is 15.8 Å². The van der Waals surface area contributed by atoms with Crippen LogP contribution < -0.4 is 11.2 Å². The maximum atomic E-state index is 13.8. The molecule has 1 fully saturated rings. The highest BCUT2D eigenvalue weighted by atomic mass is 127. The molecular weight excluding hydrogens is 362 g/mol. The zero-order chi connectivity index (χ0) is 13.4. The van der Waals surface area contributed by atoms with Gasteiger partial charge < -0.3 is 14.9 Å². The number of aromatic amines is 1.